The molecule has 5 N–H and O–H groups in total. The molecule has 1 unspecified atom stereocenters. The van der Waals surface area contributed by atoms with Gasteiger partial charge in [0.2, 0.25) is 0 Å². The summed E-state index contributed by atoms with van der Waals surface area (Å²) in [5.74, 6) is -2.10. The molecule has 0 aliphatic heterocycles. The van der Waals surface area contributed by atoms with E-state index in [9.17, 15) is 31.1 Å². The van der Waals surface area contributed by atoms with Gasteiger partial charge in [-0.25, -0.2) is 13.9 Å². The number of fused-ring (bicyclic) bond motifs is 1. The molecule has 200 valence electrons. The molecule has 0 bridgehead atoms. The molecule has 8 nitrogen and oxygen atoms in total. The second kappa shape index (κ2) is 10.5. The summed E-state index contributed by atoms with van der Waals surface area (Å²) in [6.07, 6.45) is -2.84. The fourth-order valence-electron chi connectivity index (χ4n) is 4.14. The normalized spacial score (nSPS) is 19.0. The lowest BCUT2D eigenvalue weighted by Gasteiger charge is -2.36. The molecule has 1 atom stereocenters. The molecular formula is C23H23F5N4O4S. The number of hydrogen-bond acceptors (Lipinski definition) is 6. The summed E-state index contributed by atoms with van der Waals surface area (Å²) >= 11 is 0. The van der Waals surface area contributed by atoms with Crippen LogP contribution in [0, 0.1) is 11.6 Å². The van der Waals surface area contributed by atoms with Gasteiger partial charge in [0.05, 0.1) is 11.7 Å². The summed E-state index contributed by atoms with van der Waals surface area (Å²) in [5, 5.41) is 19.3. The number of pyridine rings is 1. The largest absolute Gasteiger partial charge is 0.490 e. The van der Waals surface area contributed by atoms with Crippen molar-refractivity contribution in [2.24, 2.45) is 5.14 Å². The molecule has 1 aliphatic rings. The lowest BCUT2D eigenvalue weighted by atomic mass is 9.88. The zero-order chi connectivity index (χ0) is 27.0. The third-order valence-electron chi connectivity index (χ3n) is 6.07. The number of aliphatic hydroxyl groups is 1. The minimum Gasteiger partial charge on any atom is -0.490 e. The smallest absolute Gasteiger partial charge is 0.419 e. The van der Waals surface area contributed by atoms with Crippen LogP contribution in [0.5, 0.6) is 5.75 Å². The van der Waals surface area contributed by atoms with Gasteiger partial charge in [0, 0.05) is 42.5 Å². The van der Waals surface area contributed by atoms with E-state index in [0.717, 1.165) is 12.1 Å². The van der Waals surface area contributed by atoms with Crippen molar-refractivity contribution >= 4 is 21.0 Å². The molecule has 1 aromatic heterocycles. The summed E-state index contributed by atoms with van der Waals surface area (Å²) in [5.41, 5.74) is -0.967. The van der Waals surface area contributed by atoms with E-state index in [1.54, 1.807) is 6.07 Å². The van der Waals surface area contributed by atoms with Gasteiger partial charge in [-0.1, -0.05) is 0 Å². The van der Waals surface area contributed by atoms with Gasteiger partial charge in [-0.3, -0.25) is 4.98 Å². The fraction of sp³-hybridized carbons (Fsp3) is 0.348. The predicted octanol–water partition coefficient (Wildman–Crippen LogP) is 3.06. The van der Waals surface area contributed by atoms with Crippen molar-refractivity contribution in [2.45, 2.75) is 43.8 Å². The number of halogens is 5. The van der Waals surface area contributed by atoms with E-state index < -0.39 is 52.3 Å². The van der Waals surface area contributed by atoms with E-state index in [1.165, 1.54) is 12.4 Å². The average Bonchev–Trinajstić information content (AvgIpc) is 2.79. The SMILES string of the molecule is NS(=O)(=O)NCC(O)c1cc(F)c(CN[C@H]2C[C@H](Oc3ccc(F)c(C(F)(F)F)c3)C2)c2ccncc12. The van der Waals surface area contributed by atoms with Crippen LogP contribution in [0.3, 0.4) is 0 Å². The first-order chi connectivity index (χ1) is 17.3. The highest BCUT2D eigenvalue weighted by Crippen LogP contribution is 2.35. The van der Waals surface area contributed by atoms with Gasteiger partial charge in [-0.05, 0) is 54.1 Å². The van der Waals surface area contributed by atoms with Crippen molar-refractivity contribution in [3.63, 3.8) is 0 Å². The molecule has 0 amide bonds. The van der Waals surface area contributed by atoms with Gasteiger partial charge in [0.15, 0.2) is 0 Å². The Balaban J connectivity index is 1.40. The second-order valence-corrected chi connectivity index (χ2v) is 10.1. The number of alkyl halides is 3. The van der Waals surface area contributed by atoms with Crippen LogP contribution in [-0.4, -0.2) is 37.2 Å². The lowest BCUT2D eigenvalue weighted by Crippen LogP contribution is -2.46. The van der Waals surface area contributed by atoms with Crippen LogP contribution in [0.1, 0.15) is 35.6 Å². The molecule has 1 saturated carbocycles. The molecule has 0 radical (unpaired) electrons. The molecule has 0 saturated heterocycles. The van der Waals surface area contributed by atoms with Crippen molar-refractivity contribution in [3.05, 3.63) is 71.1 Å². The maximum Gasteiger partial charge on any atom is 0.419 e. The van der Waals surface area contributed by atoms with E-state index in [4.69, 9.17) is 9.88 Å². The monoisotopic (exact) mass is 546 g/mol. The molecule has 2 aromatic carbocycles. The first kappa shape index (κ1) is 27.1. The fourth-order valence-corrected chi connectivity index (χ4v) is 4.53. The maximum atomic E-state index is 15.0. The number of aliphatic hydroxyl groups excluding tert-OH is 1. The minimum absolute atomic E-state index is 0.0900. The quantitative estimate of drug-likeness (QED) is 0.306. The van der Waals surface area contributed by atoms with E-state index >= 15 is 4.39 Å². The number of benzene rings is 2. The third kappa shape index (κ3) is 6.51. The number of nitrogens with one attached hydrogen (secondary N) is 2. The zero-order valence-corrected chi connectivity index (χ0v) is 19.9. The molecule has 1 heterocycles. The van der Waals surface area contributed by atoms with Crippen molar-refractivity contribution in [3.8, 4) is 5.75 Å². The molecule has 1 fully saturated rings. The van der Waals surface area contributed by atoms with Gasteiger partial charge in [0.25, 0.3) is 10.2 Å². The Morgan fingerprint density at radius 2 is 1.86 bits per heavy atom. The van der Waals surface area contributed by atoms with Crippen LogP contribution >= 0.6 is 0 Å². The topological polar surface area (TPSA) is 127 Å². The first-order valence-electron chi connectivity index (χ1n) is 11.1. The van der Waals surface area contributed by atoms with Crippen molar-refractivity contribution in [2.75, 3.05) is 6.54 Å². The number of hydrogen-bond donors (Lipinski definition) is 4. The standard InChI is InChI=1S/C23H23F5N4O4S/c24-20-2-1-13(7-19(20)23(26,27)28)36-14-5-12(6-14)31-10-18-15-3-4-30-9-17(15)16(8-21(18)25)22(33)11-32-37(29,34)35/h1-4,7-9,12,14,22,31-33H,5-6,10-11H2,(H2,29,34,35)/t12-,14-,22?. The average molecular weight is 547 g/mol. The Hall–Kier alpha value is -2.91. The van der Waals surface area contributed by atoms with Crippen LogP contribution in [0.15, 0.2) is 42.7 Å². The first-order valence-corrected chi connectivity index (χ1v) is 12.6. The van der Waals surface area contributed by atoms with E-state index in [1.807, 2.05) is 4.72 Å². The lowest BCUT2D eigenvalue weighted by molar-refractivity contribution is -0.140. The molecule has 3 aromatic rings. The molecule has 0 spiro atoms. The highest BCUT2D eigenvalue weighted by molar-refractivity contribution is 7.87. The molecule has 4 rings (SSSR count). The number of ether oxygens (including phenoxy) is 1. The summed E-state index contributed by atoms with van der Waals surface area (Å²) in [6.45, 7) is -0.355. The van der Waals surface area contributed by atoms with Gasteiger partial charge >= 0.3 is 6.18 Å². The van der Waals surface area contributed by atoms with Crippen LogP contribution in [0.2, 0.25) is 0 Å². The Morgan fingerprint density at radius 3 is 2.54 bits per heavy atom. The Bertz CT molecular complexity index is 1400. The maximum absolute atomic E-state index is 15.0. The van der Waals surface area contributed by atoms with Crippen molar-refractivity contribution in [1.29, 1.82) is 0 Å². The summed E-state index contributed by atoms with van der Waals surface area (Å²) in [4.78, 5) is 4.01. The highest BCUT2D eigenvalue weighted by atomic mass is 32.2. The summed E-state index contributed by atoms with van der Waals surface area (Å²) < 4.78 is 96.9. The Labute approximate surface area is 208 Å². The molecule has 37 heavy (non-hydrogen) atoms. The number of rotatable bonds is 9. The van der Waals surface area contributed by atoms with Gasteiger partial charge < -0.3 is 15.2 Å². The molecule has 14 heteroatoms. The van der Waals surface area contributed by atoms with Crippen molar-refractivity contribution in [1.82, 2.24) is 15.0 Å². The highest BCUT2D eigenvalue weighted by Gasteiger charge is 2.36. The van der Waals surface area contributed by atoms with Crippen LogP contribution in [-0.2, 0) is 22.9 Å². The van der Waals surface area contributed by atoms with Crippen LogP contribution in [0.4, 0.5) is 22.0 Å². The second-order valence-electron chi connectivity index (χ2n) is 8.69. The molecular weight excluding hydrogens is 523 g/mol. The van der Waals surface area contributed by atoms with Crippen LogP contribution < -0.4 is 19.9 Å². The van der Waals surface area contributed by atoms with Gasteiger partial charge in [-0.2, -0.15) is 26.3 Å². The van der Waals surface area contributed by atoms with Crippen LogP contribution in [0.25, 0.3) is 10.8 Å². The minimum atomic E-state index is -4.83. The van der Waals surface area contributed by atoms with E-state index in [0.29, 0.717) is 41.3 Å². The number of nitrogens with two attached hydrogens (primary N) is 1. The van der Waals surface area contributed by atoms with Crippen molar-refractivity contribution < 1.29 is 40.2 Å². The Morgan fingerprint density at radius 1 is 1.14 bits per heavy atom. The van der Waals surface area contributed by atoms with E-state index in [-0.39, 0.29) is 23.9 Å². The Kier molecular flexibility index (Phi) is 7.67. The van der Waals surface area contributed by atoms with E-state index in [2.05, 4.69) is 10.3 Å². The van der Waals surface area contributed by atoms with Gasteiger partial charge in [-0.15, -0.1) is 0 Å². The number of aromatic nitrogens is 1. The predicted molar refractivity (Wildman–Crippen MR) is 123 cm³/mol. The summed E-state index contributed by atoms with van der Waals surface area (Å²) in [6, 6.07) is 5.04. The number of nitrogens with zero attached hydrogens (tertiary/aromatic N) is 1. The zero-order valence-electron chi connectivity index (χ0n) is 19.1. The molecule has 1 aliphatic carbocycles. The summed E-state index contributed by atoms with van der Waals surface area (Å²) in [7, 11) is -4.05. The third-order valence-corrected chi connectivity index (χ3v) is 6.64. The van der Waals surface area contributed by atoms with Gasteiger partial charge in [0.1, 0.15) is 23.5 Å².